The third-order valence-corrected chi connectivity index (χ3v) is 3.38. The largest absolute Gasteiger partial charge is 0.376 e. The summed E-state index contributed by atoms with van der Waals surface area (Å²) >= 11 is 0. The Morgan fingerprint density at radius 2 is 2.40 bits per heavy atom. The Balaban J connectivity index is 1.71. The van der Waals surface area contributed by atoms with Crippen LogP contribution in [0.25, 0.3) is 0 Å². The number of rotatable bonds is 3. The van der Waals surface area contributed by atoms with Crippen LogP contribution < -0.4 is 10.6 Å². The maximum atomic E-state index is 11.8. The lowest BCUT2D eigenvalue weighted by molar-refractivity contribution is -0.125. The molecule has 0 spiro atoms. The maximum absolute atomic E-state index is 11.8. The molecule has 0 bridgehead atoms. The number of carbonyl (C=O) groups excluding carboxylic acids is 1. The van der Waals surface area contributed by atoms with Crippen molar-refractivity contribution in [2.75, 3.05) is 26.2 Å². The smallest absolute Gasteiger partial charge is 0.224 e. The third kappa shape index (κ3) is 2.69. The molecule has 1 amide bonds. The lowest BCUT2D eigenvalue weighted by atomic mass is 9.97. The highest BCUT2D eigenvalue weighted by Crippen LogP contribution is 2.16. The Hall–Kier alpha value is -0.610. The van der Waals surface area contributed by atoms with Crippen molar-refractivity contribution in [3.05, 3.63) is 0 Å². The molecule has 2 fully saturated rings. The van der Waals surface area contributed by atoms with Crippen molar-refractivity contribution in [3.8, 4) is 0 Å². The Kier molecular flexibility index (Phi) is 3.59. The van der Waals surface area contributed by atoms with Crippen molar-refractivity contribution in [2.45, 2.75) is 25.9 Å². The summed E-state index contributed by atoms with van der Waals surface area (Å²) in [5, 5.41) is 6.23. The van der Waals surface area contributed by atoms with E-state index >= 15 is 0 Å². The van der Waals surface area contributed by atoms with Gasteiger partial charge in [-0.2, -0.15) is 0 Å². The van der Waals surface area contributed by atoms with Crippen LogP contribution in [-0.4, -0.2) is 38.3 Å². The van der Waals surface area contributed by atoms with Gasteiger partial charge in [-0.15, -0.1) is 0 Å². The Morgan fingerprint density at radius 1 is 1.53 bits per heavy atom. The summed E-state index contributed by atoms with van der Waals surface area (Å²) in [4.78, 5) is 11.8. The molecule has 0 aromatic heterocycles. The molecule has 0 aromatic carbocycles. The predicted octanol–water partition coefficient (Wildman–Crippen LogP) is 0.137. The van der Waals surface area contributed by atoms with Gasteiger partial charge in [-0.05, 0) is 25.3 Å². The molecule has 15 heavy (non-hydrogen) atoms. The van der Waals surface area contributed by atoms with Gasteiger partial charge in [0.15, 0.2) is 0 Å². The second-order valence-electron chi connectivity index (χ2n) is 4.62. The van der Waals surface area contributed by atoms with Crippen molar-refractivity contribution in [2.24, 2.45) is 11.8 Å². The van der Waals surface area contributed by atoms with E-state index in [1.807, 2.05) is 0 Å². The van der Waals surface area contributed by atoms with Crippen LogP contribution in [0.15, 0.2) is 0 Å². The third-order valence-electron chi connectivity index (χ3n) is 3.38. The van der Waals surface area contributed by atoms with E-state index in [0.717, 1.165) is 32.5 Å². The first-order valence-corrected chi connectivity index (χ1v) is 5.87. The van der Waals surface area contributed by atoms with Gasteiger partial charge in [0.2, 0.25) is 5.91 Å². The number of hydrogen-bond donors (Lipinski definition) is 2. The van der Waals surface area contributed by atoms with Gasteiger partial charge < -0.3 is 15.4 Å². The van der Waals surface area contributed by atoms with Crippen molar-refractivity contribution in [1.82, 2.24) is 10.6 Å². The van der Waals surface area contributed by atoms with E-state index in [2.05, 4.69) is 17.6 Å². The zero-order chi connectivity index (χ0) is 10.7. The summed E-state index contributed by atoms with van der Waals surface area (Å²) in [5.74, 6) is 0.781. The maximum Gasteiger partial charge on any atom is 0.224 e. The first-order valence-electron chi connectivity index (χ1n) is 5.87. The van der Waals surface area contributed by atoms with Crippen LogP contribution in [0.2, 0.25) is 0 Å². The minimum absolute atomic E-state index is 0.145. The molecule has 2 N–H and O–H groups in total. The Morgan fingerprint density at radius 3 is 3.00 bits per heavy atom. The molecule has 2 aliphatic rings. The summed E-state index contributed by atoms with van der Waals surface area (Å²) in [6.07, 6.45) is 2.46. The van der Waals surface area contributed by atoms with Gasteiger partial charge in [-0.3, -0.25) is 4.79 Å². The van der Waals surface area contributed by atoms with Gasteiger partial charge in [0.05, 0.1) is 12.0 Å². The molecule has 4 heteroatoms. The lowest BCUT2D eigenvalue weighted by Gasteiger charge is -2.16. The van der Waals surface area contributed by atoms with Gasteiger partial charge >= 0.3 is 0 Å². The van der Waals surface area contributed by atoms with E-state index < -0.39 is 0 Å². The topological polar surface area (TPSA) is 50.4 Å². The molecule has 0 radical (unpaired) electrons. The fourth-order valence-corrected chi connectivity index (χ4v) is 2.31. The monoisotopic (exact) mass is 212 g/mol. The molecule has 4 nitrogen and oxygen atoms in total. The van der Waals surface area contributed by atoms with E-state index in [1.165, 1.54) is 0 Å². The number of hydrogen-bond acceptors (Lipinski definition) is 3. The summed E-state index contributed by atoms with van der Waals surface area (Å²) in [6, 6.07) is 0. The zero-order valence-electron chi connectivity index (χ0n) is 9.29. The molecule has 2 saturated heterocycles. The fraction of sp³-hybridized carbons (Fsp3) is 0.909. The van der Waals surface area contributed by atoms with Crippen LogP contribution in [0.5, 0.6) is 0 Å². The molecule has 3 atom stereocenters. The van der Waals surface area contributed by atoms with E-state index in [-0.39, 0.29) is 17.9 Å². The first-order chi connectivity index (χ1) is 7.27. The summed E-state index contributed by atoms with van der Waals surface area (Å²) < 4.78 is 5.46. The number of nitrogens with one attached hydrogen (secondary N) is 2. The zero-order valence-corrected chi connectivity index (χ0v) is 9.29. The molecular formula is C11H20N2O2. The van der Waals surface area contributed by atoms with Gasteiger partial charge in [-0.1, -0.05) is 6.92 Å². The van der Waals surface area contributed by atoms with Crippen LogP contribution in [0.4, 0.5) is 0 Å². The fourth-order valence-electron chi connectivity index (χ4n) is 2.31. The quantitative estimate of drug-likeness (QED) is 0.699. The van der Waals surface area contributed by atoms with Crippen molar-refractivity contribution >= 4 is 5.91 Å². The molecule has 2 heterocycles. The van der Waals surface area contributed by atoms with Gasteiger partial charge in [0.1, 0.15) is 0 Å². The van der Waals surface area contributed by atoms with Gasteiger partial charge in [-0.25, -0.2) is 0 Å². The van der Waals surface area contributed by atoms with Gasteiger partial charge in [0, 0.05) is 19.7 Å². The van der Waals surface area contributed by atoms with Crippen LogP contribution in [-0.2, 0) is 9.53 Å². The molecule has 2 rings (SSSR count). The van der Waals surface area contributed by atoms with Crippen molar-refractivity contribution in [1.29, 1.82) is 0 Å². The van der Waals surface area contributed by atoms with Gasteiger partial charge in [0.25, 0.3) is 0 Å². The normalized spacial score (nSPS) is 35.7. The van der Waals surface area contributed by atoms with E-state index in [9.17, 15) is 4.79 Å². The standard InChI is InChI=1S/C11H20N2O2/c1-8-5-12-7-10(8)11(14)13-6-9-3-2-4-15-9/h8-10,12H,2-7H2,1H3,(H,13,14)/t8-,9?,10-/m1/s1. The highest BCUT2D eigenvalue weighted by atomic mass is 16.5. The second-order valence-corrected chi connectivity index (χ2v) is 4.62. The molecule has 2 aliphatic heterocycles. The minimum atomic E-state index is 0.145. The molecule has 1 unspecified atom stereocenters. The first kappa shape index (κ1) is 10.9. The number of amides is 1. The molecule has 0 aromatic rings. The summed E-state index contributed by atoms with van der Waals surface area (Å²) in [5.41, 5.74) is 0. The van der Waals surface area contributed by atoms with Crippen LogP contribution in [0.3, 0.4) is 0 Å². The highest BCUT2D eigenvalue weighted by Gasteiger charge is 2.29. The van der Waals surface area contributed by atoms with E-state index in [0.29, 0.717) is 12.5 Å². The summed E-state index contributed by atoms with van der Waals surface area (Å²) in [6.45, 7) is 5.43. The molecular weight excluding hydrogens is 192 g/mol. The van der Waals surface area contributed by atoms with Crippen LogP contribution in [0.1, 0.15) is 19.8 Å². The van der Waals surface area contributed by atoms with Crippen LogP contribution >= 0.6 is 0 Å². The van der Waals surface area contributed by atoms with Crippen LogP contribution in [0, 0.1) is 11.8 Å². The predicted molar refractivity (Wildman–Crippen MR) is 57.5 cm³/mol. The molecule has 0 aliphatic carbocycles. The Bertz CT molecular complexity index is 227. The highest BCUT2D eigenvalue weighted by molar-refractivity contribution is 5.79. The average Bonchev–Trinajstić information content (AvgIpc) is 2.84. The number of ether oxygens (including phenoxy) is 1. The van der Waals surface area contributed by atoms with E-state index in [1.54, 1.807) is 0 Å². The SMILES string of the molecule is C[C@@H]1CNC[C@H]1C(=O)NCC1CCCO1. The second kappa shape index (κ2) is 4.94. The summed E-state index contributed by atoms with van der Waals surface area (Å²) in [7, 11) is 0. The van der Waals surface area contributed by atoms with Crippen molar-refractivity contribution in [3.63, 3.8) is 0 Å². The average molecular weight is 212 g/mol. The number of carbonyl (C=O) groups is 1. The molecule has 86 valence electrons. The van der Waals surface area contributed by atoms with Crippen molar-refractivity contribution < 1.29 is 9.53 Å². The van der Waals surface area contributed by atoms with E-state index in [4.69, 9.17) is 4.74 Å². The Labute approximate surface area is 90.8 Å². The molecule has 0 saturated carbocycles. The lowest BCUT2D eigenvalue weighted by Crippen LogP contribution is -2.38. The minimum Gasteiger partial charge on any atom is -0.376 e.